The van der Waals surface area contributed by atoms with Gasteiger partial charge >= 0.3 is 0 Å². The van der Waals surface area contributed by atoms with E-state index in [0.717, 1.165) is 21.6 Å². The standard InChI is InChI=1S/C24H25N3O3S2/c1-2-29-20-10-12-21(13-11-20)30-16-19(28)17-32-24-26-25-23(22-9-6-14-31-22)27(24)15-18-7-4-3-5-8-18/h3-14,19,28H,2,15-17H2,1H3. The number of benzene rings is 2. The molecule has 2 heterocycles. The van der Waals surface area contributed by atoms with E-state index in [9.17, 15) is 5.11 Å². The molecule has 0 bridgehead atoms. The van der Waals surface area contributed by atoms with Crippen molar-refractivity contribution in [1.82, 2.24) is 14.8 Å². The summed E-state index contributed by atoms with van der Waals surface area (Å²) in [4.78, 5) is 1.07. The molecule has 0 aliphatic heterocycles. The SMILES string of the molecule is CCOc1ccc(OCC(O)CSc2nnc(-c3cccs3)n2Cc2ccccc2)cc1. The third kappa shape index (κ3) is 5.91. The van der Waals surface area contributed by atoms with Crippen molar-refractivity contribution in [3.8, 4) is 22.2 Å². The molecule has 0 fully saturated rings. The van der Waals surface area contributed by atoms with E-state index in [0.29, 0.717) is 24.7 Å². The van der Waals surface area contributed by atoms with Gasteiger partial charge in [0.05, 0.1) is 24.1 Å². The third-order valence-corrected chi connectivity index (χ3v) is 6.60. The summed E-state index contributed by atoms with van der Waals surface area (Å²) in [6.07, 6.45) is -0.640. The van der Waals surface area contributed by atoms with Crippen LogP contribution in [0.1, 0.15) is 12.5 Å². The summed E-state index contributed by atoms with van der Waals surface area (Å²) >= 11 is 3.12. The Morgan fingerprint density at radius 3 is 2.41 bits per heavy atom. The van der Waals surface area contributed by atoms with E-state index in [1.807, 2.05) is 66.9 Å². The van der Waals surface area contributed by atoms with Crippen molar-refractivity contribution in [3.63, 3.8) is 0 Å². The lowest BCUT2D eigenvalue weighted by Crippen LogP contribution is -2.20. The second-order valence-corrected chi connectivity index (χ2v) is 8.97. The molecule has 0 saturated carbocycles. The molecular weight excluding hydrogens is 442 g/mol. The maximum Gasteiger partial charge on any atom is 0.191 e. The zero-order valence-corrected chi connectivity index (χ0v) is 19.4. The zero-order chi connectivity index (χ0) is 22.2. The molecule has 0 aliphatic carbocycles. The van der Waals surface area contributed by atoms with Crippen molar-refractivity contribution in [2.75, 3.05) is 19.0 Å². The van der Waals surface area contributed by atoms with Crippen molar-refractivity contribution in [1.29, 1.82) is 0 Å². The summed E-state index contributed by atoms with van der Waals surface area (Å²) in [7, 11) is 0. The first-order chi connectivity index (χ1) is 15.7. The lowest BCUT2D eigenvalue weighted by atomic mass is 10.2. The molecule has 0 spiro atoms. The monoisotopic (exact) mass is 467 g/mol. The minimum absolute atomic E-state index is 0.200. The summed E-state index contributed by atoms with van der Waals surface area (Å²) in [6, 6.07) is 21.7. The first-order valence-electron chi connectivity index (χ1n) is 10.4. The number of aliphatic hydroxyl groups excluding tert-OH is 1. The van der Waals surface area contributed by atoms with Gasteiger partial charge in [-0.3, -0.25) is 4.57 Å². The molecule has 1 atom stereocenters. The smallest absolute Gasteiger partial charge is 0.191 e. The highest BCUT2D eigenvalue weighted by Gasteiger charge is 2.17. The Morgan fingerprint density at radius 2 is 1.72 bits per heavy atom. The highest BCUT2D eigenvalue weighted by atomic mass is 32.2. The molecule has 2 aromatic heterocycles. The van der Waals surface area contributed by atoms with Crippen LogP contribution in [0.3, 0.4) is 0 Å². The van der Waals surface area contributed by atoms with Crippen LogP contribution in [-0.4, -0.2) is 44.9 Å². The van der Waals surface area contributed by atoms with Crippen molar-refractivity contribution < 1.29 is 14.6 Å². The number of nitrogens with zero attached hydrogens (tertiary/aromatic N) is 3. The van der Waals surface area contributed by atoms with Crippen LogP contribution in [0.4, 0.5) is 0 Å². The molecule has 166 valence electrons. The van der Waals surface area contributed by atoms with Crippen LogP contribution in [0.25, 0.3) is 10.7 Å². The van der Waals surface area contributed by atoms with E-state index in [1.54, 1.807) is 11.3 Å². The molecule has 6 nitrogen and oxygen atoms in total. The zero-order valence-electron chi connectivity index (χ0n) is 17.8. The van der Waals surface area contributed by atoms with Gasteiger partial charge < -0.3 is 14.6 Å². The van der Waals surface area contributed by atoms with Crippen molar-refractivity contribution >= 4 is 23.1 Å². The summed E-state index contributed by atoms with van der Waals surface area (Å²) in [5.74, 6) is 2.79. The van der Waals surface area contributed by atoms with Gasteiger partial charge in [-0.1, -0.05) is 48.2 Å². The Morgan fingerprint density at radius 1 is 0.969 bits per heavy atom. The molecule has 1 N–H and O–H groups in total. The predicted octanol–water partition coefficient (Wildman–Crippen LogP) is 4.99. The van der Waals surface area contributed by atoms with Crippen LogP contribution in [-0.2, 0) is 6.54 Å². The van der Waals surface area contributed by atoms with Crippen LogP contribution in [0, 0.1) is 0 Å². The van der Waals surface area contributed by atoms with Crippen LogP contribution in [0.2, 0.25) is 0 Å². The predicted molar refractivity (Wildman–Crippen MR) is 129 cm³/mol. The van der Waals surface area contributed by atoms with Gasteiger partial charge in [-0.25, -0.2) is 0 Å². The fourth-order valence-electron chi connectivity index (χ4n) is 3.10. The Hall–Kier alpha value is -2.81. The minimum atomic E-state index is -0.640. The number of thioether (sulfide) groups is 1. The second-order valence-electron chi connectivity index (χ2n) is 7.04. The summed E-state index contributed by atoms with van der Waals surface area (Å²) in [5.41, 5.74) is 1.17. The summed E-state index contributed by atoms with van der Waals surface area (Å²) < 4.78 is 13.3. The highest BCUT2D eigenvalue weighted by Crippen LogP contribution is 2.28. The molecule has 0 radical (unpaired) electrons. The molecule has 0 amide bonds. The molecule has 4 rings (SSSR count). The van der Waals surface area contributed by atoms with E-state index in [4.69, 9.17) is 9.47 Å². The van der Waals surface area contributed by atoms with Gasteiger partial charge in [0.15, 0.2) is 11.0 Å². The van der Waals surface area contributed by atoms with E-state index >= 15 is 0 Å². The minimum Gasteiger partial charge on any atom is -0.494 e. The normalized spacial score (nSPS) is 11.9. The Balaban J connectivity index is 1.39. The van der Waals surface area contributed by atoms with Crippen LogP contribution in [0.5, 0.6) is 11.5 Å². The molecule has 4 aromatic rings. The summed E-state index contributed by atoms with van der Waals surface area (Å²) in [6.45, 7) is 3.44. The van der Waals surface area contributed by atoms with Crippen molar-refractivity contribution in [2.45, 2.75) is 24.7 Å². The Labute approximate surface area is 195 Å². The molecule has 8 heteroatoms. The topological polar surface area (TPSA) is 69.4 Å². The molecule has 0 aliphatic rings. The van der Waals surface area contributed by atoms with Crippen LogP contribution < -0.4 is 9.47 Å². The summed E-state index contributed by atoms with van der Waals surface area (Å²) in [5, 5.41) is 22.1. The number of aliphatic hydroxyl groups is 1. The number of hydrogen-bond donors (Lipinski definition) is 1. The molecule has 1 unspecified atom stereocenters. The second kappa shape index (κ2) is 11.2. The van der Waals surface area contributed by atoms with Crippen LogP contribution >= 0.6 is 23.1 Å². The quantitative estimate of drug-likeness (QED) is 0.314. The first-order valence-corrected chi connectivity index (χ1v) is 12.3. The number of aromatic nitrogens is 3. The van der Waals surface area contributed by atoms with Gasteiger partial charge in [0, 0.05) is 5.75 Å². The maximum atomic E-state index is 10.5. The molecule has 0 saturated heterocycles. The third-order valence-electron chi connectivity index (χ3n) is 4.62. The number of hydrogen-bond acceptors (Lipinski definition) is 7. The molecule has 32 heavy (non-hydrogen) atoms. The van der Waals surface area contributed by atoms with E-state index in [1.165, 1.54) is 17.3 Å². The van der Waals surface area contributed by atoms with Crippen molar-refractivity contribution in [2.24, 2.45) is 0 Å². The maximum absolute atomic E-state index is 10.5. The highest BCUT2D eigenvalue weighted by molar-refractivity contribution is 7.99. The van der Waals surface area contributed by atoms with E-state index in [2.05, 4.69) is 26.9 Å². The first kappa shape index (κ1) is 22.4. The van der Waals surface area contributed by atoms with Gasteiger partial charge in [0.2, 0.25) is 0 Å². The molecule has 2 aromatic carbocycles. The fourth-order valence-corrected chi connectivity index (χ4v) is 4.66. The number of ether oxygens (including phenoxy) is 2. The van der Waals surface area contributed by atoms with Crippen LogP contribution in [0.15, 0.2) is 77.3 Å². The lowest BCUT2D eigenvalue weighted by Gasteiger charge is -2.13. The average molecular weight is 468 g/mol. The van der Waals surface area contributed by atoms with Crippen molar-refractivity contribution in [3.05, 3.63) is 77.7 Å². The van der Waals surface area contributed by atoms with Gasteiger partial charge in [0.1, 0.15) is 18.1 Å². The van der Waals surface area contributed by atoms with E-state index in [-0.39, 0.29) is 6.61 Å². The Bertz CT molecular complexity index is 1080. The molecular formula is C24H25N3O3S2. The van der Waals surface area contributed by atoms with Gasteiger partial charge in [-0.15, -0.1) is 21.5 Å². The van der Waals surface area contributed by atoms with Gasteiger partial charge in [-0.2, -0.15) is 0 Å². The average Bonchev–Trinajstić information content (AvgIpc) is 3.48. The van der Waals surface area contributed by atoms with Gasteiger partial charge in [0.25, 0.3) is 0 Å². The lowest BCUT2D eigenvalue weighted by molar-refractivity contribution is 0.126. The number of rotatable bonds is 11. The van der Waals surface area contributed by atoms with Gasteiger partial charge in [-0.05, 0) is 48.2 Å². The Kier molecular flexibility index (Phi) is 7.82. The fraction of sp³-hybridized carbons (Fsp3) is 0.250. The number of thiophene rings is 1. The largest absolute Gasteiger partial charge is 0.494 e. The van der Waals surface area contributed by atoms with E-state index < -0.39 is 6.10 Å².